The van der Waals surface area contributed by atoms with E-state index in [1.54, 1.807) is 0 Å². The standard InChI is InChI=1S/C13H13BrF2N4/c14-8-5-9(15)13(10(16)6-8)17-7-12-19-18-11-3-1-2-4-20(11)12/h5-6,17H,1-4,7H2. The molecule has 1 aromatic heterocycles. The molecule has 0 unspecified atom stereocenters. The van der Waals surface area contributed by atoms with Crippen LogP contribution in [0.5, 0.6) is 0 Å². The number of nitrogens with zero attached hydrogens (tertiary/aromatic N) is 3. The molecule has 0 bridgehead atoms. The molecule has 106 valence electrons. The molecule has 0 aliphatic carbocycles. The summed E-state index contributed by atoms with van der Waals surface area (Å²) in [4.78, 5) is 0. The predicted octanol–water partition coefficient (Wildman–Crippen LogP) is 3.27. The zero-order valence-corrected chi connectivity index (χ0v) is 12.3. The van der Waals surface area contributed by atoms with Crippen LogP contribution in [0.25, 0.3) is 0 Å². The van der Waals surface area contributed by atoms with Gasteiger partial charge in [0.05, 0.1) is 6.54 Å². The van der Waals surface area contributed by atoms with E-state index in [9.17, 15) is 8.78 Å². The lowest BCUT2D eigenvalue weighted by molar-refractivity contribution is 0.509. The van der Waals surface area contributed by atoms with Crippen LogP contribution >= 0.6 is 15.9 Å². The van der Waals surface area contributed by atoms with E-state index in [2.05, 4.69) is 31.4 Å². The highest BCUT2D eigenvalue weighted by Crippen LogP contribution is 2.24. The topological polar surface area (TPSA) is 42.7 Å². The van der Waals surface area contributed by atoms with E-state index in [0.717, 1.165) is 31.6 Å². The summed E-state index contributed by atoms with van der Waals surface area (Å²) >= 11 is 3.05. The van der Waals surface area contributed by atoms with Gasteiger partial charge in [-0.15, -0.1) is 10.2 Å². The number of halogens is 3. The second-order valence-electron chi connectivity index (χ2n) is 4.74. The lowest BCUT2D eigenvalue weighted by Gasteiger charge is -2.15. The lowest BCUT2D eigenvalue weighted by Crippen LogP contribution is -2.15. The highest BCUT2D eigenvalue weighted by atomic mass is 79.9. The van der Waals surface area contributed by atoms with Gasteiger partial charge in [0.1, 0.15) is 23.1 Å². The van der Waals surface area contributed by atoms with Crippen molar-refractivity contribution in [2.75, 3.05) is 5.32 Å². The molecule has 3 rings (SSSR count). The Hall–Kier alpha value is -1.50. The van der Waals surface area contributed by atoms with Crippen LogP contribution in [-0.4, -0.2) is 14.8 Å². The van der Waals surface area contributed by atoms with E-state index in [4.69, 9.17) is 0 Å². The molecule has 1 aliphatic rings. The van der Waals surface area contributed by atoms with E-state index in [0.29, 0.717) is 10.3 Å². The summed E-state index contributed by atoms with van der Waals surface area (Å²) in [5, 5.41) is 11.0. The molecule has 1 N–H and O–H groups in total. The number of hydrogen-bond donors (Lipinski definition) is 1. The van der Waals surface area contributed by atoms with Gasteiger partial charge in [0, 0.05) is 17.4 Å². The molecule has 1 aromatic carbocycles. The Morgan fingerprint density at radius 3 is 2.70 bits per heavy atom. The first-order valence-electron chi connectivity index (χ1n) is 6.44. The van der Waals surface area contributed by atoms with Crippen LogP contribution in [0.2, 0.25) is 0 Å². The molecule has 0 atom stereocenters. The van der Waals surface area contributed by atoms with Crippen LogP contribution < -0.4 is 5.32 Å². The summed E-state index contributed by atoms with van der Waals surface area (Å²) in [6.07, 6.45) is 3.11. The Labute approximate surface area is 123 Å². The van der Waals surface area contributed by atoms with Gasteiger partial charge in [-0.05, 0) is 25.0 Å². The van der Waals surface area contributed by atoms with Crippen LogP contribution in [0.4, 0.5) is 14.5 Å². The fourth-order valence-electron chi connectivity index (χ4n) is 2.38. The van der Waals surface area contributed by atoms with Crippen molar-refractivity contribution in [1.29, 1.82) is 0 Å². The number of aromatic nitrogens is 3. The number of anilines is 1. The molecule has 20 heavy (non-hydrogen) atoms. The average molecular weight is 343 g/mol. The summed E-state index contributed by atoms with van der Waals surface area (Å²) < 4.78 is 29.8. The van der Waals surface area contributed by atoms with Gasteiger partial charge >= 0.3 is 0 Å². The minimum atomic E-state index is -0.629. The molecule has 2 aromatic rings. The number of hydrogen-bond acceptors (Lipinski definition) is 3. The van der Waals surface area contributed by atoms with Gasteiger partial charge in [0.25, 0.3) is 0 Å². The van der Waals surface area contributed by atoms with Crippen molar-refractivity contribution in [1.82, 2.24) is 14.8 Å². The summed E-state index contributed by atoms with van der Waals surface area (Å²) in [5.41, 5.74) is -0.138. The maximum atomic E-state index is 13.7. The summed E-state index contributed by atoms with van der Waals surface area (Å²) in [6, 6.07) is 2.45. The quantitative estimate of drug-likeness (QED) is 0.930. The van der Waals surface area contributed by atoms with Gasteiger partial charge in [-0.1, -0.05) is 15.9 Å². The zero-order chi connectivity index (χ0) is 14.1. The summed E-state index contributed by atoms with van der Waals surface area (Å²) in [6.45, 7) is 1.12. The van der Waals surface area contributed by atoms with Crippen LogP contribution in [0.15, 0.2) is 16.6 Å². The second kappa shape index (κ2) is 5.47. The molecule has 0 saturated carbocycles. The third kappa shape index (κ3) is 2.54. The van der Waals surface area contributed by atoms with Crippen molar-refractivity contribution >= 4 is 21.6 Å². The van der Waals surface area contributed by atoms with E-state index in [1.165, 1.54) is 12.1 Å². The molecule has 2 heterocycles. The number of aryl methyl sites for hydroxylation is 1. The summed E-state index contributed by atoms with van der Waals surface area (Å²) in [7, 11) is 0. The fraction of sp³-hybridized carbons (Fsp3) is 0.385. The van der Waals surface area contributed by atoms with Crippen LogP contribution in [0.1, 0.15) is 24.5 Å². The zero-order valence-electron chi connectivity index (χ0n) is 10.7. The molecule has 0 fully saturated rings. The van der Waals surface area contributed by atoms with Crippen molar-refractivity contribution in [3.63, 3.8) is 0 Å². The van der Waals surface area contributed by atoms with Gasteiger partial charge in [-0.25, -0.2) is 8.78 Å². The van der Waals surface area contributed by atoms with Crippen molar-refractivity contribution in [3.05, 3.63) is 39.9 Å². The number of rotatable bonds is 3. The number of nitrogens with one attached hydrogen (secondary N) is 1. The Balaban J connectivity index is 1.79. The average Bonchev–Trinajstić information content (AvgIpc) is 2.81. The third-order valence-corrected chi connectivity index (χ3v) is 3.82. The molecular formula is C13H13BrF2N4. The van der Waals surface area contributed by atoms with E-state index in [1.807, 2.05) is 4.57 Å². The normalized spacial score (nSPS) is 14.2. The maximum absolute atomic E-state index is 13.7. The van der Waals surface area contributed by atoms with Crippen LogP contribution in [0, 0.1) is 11.6 Å². The summed E-state index contributed by atoms with van der Waals surface area (Å²) in [5.74, 6) is 0.400. The minimum absolute atomic E-state index is 0.138. The lowest BCUT2D eigenvalue weighted by atomic mass is 10.2. The molecule has 0 radical (unpaired) electrons. The highest BCUT2D eigenvalue weighted by Gasteiger charge is 2.17. The Bertz CT molecular complexity index is 618. The Morgan fingerprint density at radius 1 is 1.20 bits per heavy atom. The molecule has 0 amide bonds. The van der Waals surface area contributed by atoms with Crippen molar-refractivity contribution in [2.24, 2.45) is 0 Å². The van der Waals surface area contributed by atoms with E-state index in [-0.39, 0.29) is 12.2 Å². The molecule has 1 aliphatic heterocycles. The van der Waals surface area contributed by atoms with Gasteiger partial charge in [0.2, 0.25) is 0 Å². The SMILES string of the molecule is Fc1cc(Br)cc(F)c1NCc1nnc2n1CCCC2. The van der Waals surface area contributed by atoms with Gasteiger partial charge in [-0.3, -0.25) is 0 Å². The first-order chi connectivity index (χ1) is 9.65. The molecule has 4 nitrogen and oxygen atoms in total. The Morgan fingerprint density at radius 2 is 1.95 bits per heavy atom. The fourth-order valence-corrected chi connectivity index (χ4v) is 2.78. The third-order valence-electron chi connectivity index (χ3n) is 3.37. The molecule has 0 saturated heterocycles. The Kier molecular flexibility index (Phi) is 3.69. The molecule has 0 spiro atoms. The maximum Gasteiger partial charge on any atom is 0.152 e. The number of benzene rings is 1. The van der Waals surface area contributed by atoms with Gasteiger partial charge < -0.3 is 9.88 Å². The van der Waals surface area contributed by atoms with Crippen LogP contribution in [0.3, 0.4) is 0 Å². The molecular weight excluding hydrogens is 330 g/mol. The van der Waals surface area contributed by atoms with E-state index < -0.39 is 11.6 Å². The van der Waals surface area contributed by atoms with Crippen molar-refractivity contribution < 1.29 is 8.78 Å². The predicted molar refractivity (Wildman–Crippen MR) is 74.3 cm³/mol. The number of fused-ring (bicyclic) bond motifs is 1. The monoisotopic (exact) mass is 342 g/mol. The van der Waals surface area contributed by atoms with Crippen molar-refractivity contribution in [2.45, 2.75) is 32.4 Å². The first-order valence-corrected chi connectivity index (χ1v) is 7.24. The van der Waals surface area contributed by atoms with Gasteiger partial charge in [-0.2, -0.15) is 0 Å². The highest BCUT2D eigenvalue weighted by molar-refractivity contribution is 9.10. The first kappa shape index (κ1) is 13.5. The van der Waals surface area contributed by atoms with E-state index >= 15 is 0 Å². The largest absolute Gasteiger partial charge is 0.373 e. The molecule has 7 heteroatoms. The van der Waals surface area contributed by atoms with Gasteiger partial charge in [0.15, 0.2) is 5.82 Å². The minimum Gasteiger partial charge on any atom is -0.373 e. The smallest absolute Gasteiger partial charge is 0.152 e. The second-order valence-corrected chi connectivity index (χ2v) is 5.65. The van der Waals surface area contributed by atoms with Crippen LogP contribution in [-0.2, 0) is 19.5 Å². The van der Waals surface area contributed by atoms with Crippen molar-refractivity contribution in [3.8, 4) is 0 Å².